The van der Waals surface area contributed by atoms with Crippen LogP contribution in [0.15, 0.2) is 46.9 Å². The van der Waals surface area contributed by atoms with Crippen LogP contribution in [0.25, 0.3) is 0 Å². The van der Waals surface area contributed by atoms with Crippen LogP contribution in [0.2, 0.25) is 0 Å². The number of anilines is 1. The minimum atomic E-state index is -0.535. The maximum absolute atomic E-state index is 12.0. The highest BCUT2D eigenvalue weighted by Gasteiger charge is 2.15. The maximum atomic E-state index is 12.0. The van der Waals surface area contributed by atoms with Gasteiger partial charge in [-0.25, -0.2) is 0 Å². The second-order valence-corrected chi connectivity index (χ2v) is 5.10. The molecule has 0 atom stereocenters. The fourth-order valence-electron chi connectivity index (χ4n) is 1.63. The molecule has 0 bridgehead atoms. The van der Waals surface area contributed by atoms with Crippen molar-refractivity contribution >= 4 is 33.2 Å². The number of amides is 1. The number of nitrogens with zero attached hydrogens (tertiary/aromatic N) is 1. The Bertz CT molecular complexity index is 669. The predicted octanol–water partition coefficient (Wildman–Crippen LogP) is 3.92. The lowest BCUT2D eigenvalue weighted by Crippen LogP contribution is -2.12. The van der Waals surface area contributed by atoms with Gasteiger partial charge in [-0.15, -0.1) is 0 Å². The van der Waals surface area contributed by atoms with E-state index < -0.39 is 4.92 Å². The van der Waals surface area contributed by atoms with E-state index in [1.54, 1.807) is 12.1 Å². The number of aryl methyl sites for hydroxylation is 1. The van der Waals surface area contributed by atoms with Gasteiger partial charge in [-0.3, -0.25) is 14.9 Å². The molecule has 5 nitrogen and oxygen atoms in total. The lowest BCUT2D eigenvalue weighted by Gasteiger charge is -2.06. The van der Waals surface area contributed by atoms with Gasteiger partial charge in [-0.1, -0.05) is 17.7 Å². The smallest absolute Gasteiger partial charge is 0.284 e. The van der Waals surface area contributed by atoms with E-state index in [9.17, 15) is 14.9 Å². The molecule has 0 aliphatic carbocycles. The fourth-order valence-corrected chi connectivity index (χ4v) is 2.03. The first-order valence-corrected chi connectivity index (χ1v) is 6.58. The first-order valence-electron chi connectivity index (χ1n) is 5.79. The molecule has 20 heavy (non-hydrogen) atoms. The average Bonchev–Trinajstić information content (AvgIpc) is 2.41. The highest BCUT2D eigenvalue weighted by Crippen LogP contribution is 2.26. The average molecular weight is 335 g/mol. The molecule has 0 spiro atoms. The quantitative estimate of drug-likeness (QED) is 0.683. The van der Waals surface area contributed by atoms with Crippen molar-refractivity contribution < 1.29 is 9.72 Å². The molecule has 0 saturated heterocycles. The van der Waals surface area contributed by atoms with E-state index in [1.807, 2.05) is 19.1 Å². The van der Waals surface area contributed by atoms with Crippen LogP contribution in [0.3, 0.4) is 0 Å². The van der Waals surface area contributed by atoms with Gasteiger partial charge in [0.25, 0.3) is 11.6 Å². The van der Waals surface area contributed by atoms with Gasteiger partial charge in [-0.05, 0) is 47.1 Å². The van der Waals surface area contributed by atoms with Gasteiger partial charge in [0.15, 0.2) is 0 Å². The van der Waals surface area contributed by atoms with E-state index in [1.165, 1.54) is 18.2 Å². The van der Waals surface area contributed by atoms with Crippen molar-refractivity contribution in [3.8, 4) is 0 Å². The van der Waals surface area contributed by atoms with Crippen molar-refractivity contribution in [2.45, 2.75) is 6.92 Å². The summed E-state index contributed by atoms with van der Waals surface area (Å²) in [6.07, 6.45) is 0. The number of nitro groups is 1. The van der Waals surface area contributed by atoms with Crippen LogP contribution in [0.1, 0.15) is 15.9 Å². The zero-order valence-corrected chi connectivity index (χ0v) is 12.2. The first kappa shape index (κ1) is 14.2. The third-order valence-electron chi connectivity index (χ3n) is 2.71. The predicted molar refractivity (Wildman–Crippen MR) is 79.9 cm³/mol. The summed E-state index contributed by atoms with van der Waals surface area (Å²) in [6, 6.07) is 11.6. The number of carbonyl (C=O) groups is 1. The van der Waals surface area contributed by atoms with Crippen molar-refractivity contribution in [3.05, 3.63) is 68.2 Å². The van der Waals surface area contributed by atoms with Gasteiger partial charge in [-0.2, -0.15) is 0 Å². The van der Waals surface area contributed by atoms with E-state index >= 15 is 0 Å². The normalized spacial score (nSPS) is 10.1. The molecule has 1 amide bonds. The Labute approximate surface area is 123 Å². The molecule has 102 valence electrons. The van der Waals surface area contributed by atoms with Gasteiger partial charge in [0, 0.05) is 17.3 Å². The number of halogens is 1. The number of hydrogen-bond donors (Lipinski definition) is 1. The third kappa shape index (κ3) is 3.21. The number of benzene rings is 2. The Morgan fingerprint density at radius 2 is 1.85 bits per heavy atom. The first-order chi connectivity index (χ1) is 9.47. The molecule has 0 aliphatic rings. The molecule has 0 saturated carbocycles. The summed E-state index contributed by atoms with van der Waals surface area (Å²) in [5.74, 6) is -0.385. The van der Waals surface area contributed by atoms with Crippen LogP contribution in [0.5, 0.6) is 0 Å². The van der Waals surface area contributed by atoms with E-state index in [4.69, 9.17) is 0 Å². The number of nitro benzene ring substituents is 1. The van der Waals surface area contributed by atoms with Gasteiger partial charge in [0.1, 0.15) is 0 Å². The molecule has 0 radical (unpaired) electrons. The van der Waals surface area contributed by atoms with Gasteiger partial charge < -0.3 is 5.32 Å². The Balaban J connectivity index is 2.23. The summed E-state index contributed by atoms with van der Waals surface area (Å²) in [6.45, 7) is 1.95. The van der Waals surface area contributed by atoms with Gasteiger partial charge in [0.2, 0.25) is 0 Å². The van der Waals surface area contributed by atoms with Crippen molar-refractivity contribution in [1.29, 1.82) is 0 Å². The summed E-state index contributed by atoms with van der Waals surface area (Å²) in [5, 5.41) is 13.5. The number of nitrogens with one attached hydrogen (secondary N) is 1. The minimum absolute atomic E-state index is 0.137. The molecule has 6 heteroatoms. The molecule has 0 aromatic heterocycles. The van der Waals surface area contributed by atoms with Crippen LogP contribution < -0.4 is 5.32 Å². The lowest BCUT2D eigenvalue weighted by molar-refractivity contribution is -0.385. The van der Waals surface area contributed by atoms with E-state index in [-0.39, 0.29) is 17.2 Å². The summed E-state index contributed by atoms with van der Waals surface area (Å²) >= 11 is 3.08. The summed E-state index contributed by atoms with van der Waals surface area (Å²) in [5.41, 5.74) is 1.83. The standard InChI is InChI=1S/C14H11BrN2O3/c1-9-2-5-11(6-3-9)16-14(18)10-4-7-12(15)13(8-10)17(19)20/h2-8H,1H3,(H,16,18). The largest absolute Gasteiger partial charge is 0.322 e. The Kier molecular flexibility index (Phi) is 4.14. The number of rotatable bonds is 3. The number of carbonyl (C=O) groups excluding carboxylic acids is 1. The Morgan fingerprint density at radius 1 is 1.20 bits per heavy atom. The van der Waals surface area contributed by atoms with Gasteiger partial charge in [0.05, 0.1) is 9.40 Å². The molecule has 2 aromatic carbocycles. The fraction of sp³-hybridized carbons (Fsp3) is 0.0714. The summed E-state index contributed by atoms with van der Waals surface area (Å²) in [7, 11) is 0. The topological polar surface area (TPSA) is 72.2 Å². The monoisotopic (exact) mass is 334 g/mol. The molecular weight excluding hydrogens is 324 g/mol. The summed E-state index contributed by atoms with van der Waals surface area (Å²) < 4.78 is 0.342. The molecule has 0 aliphatic heterocycles. The highest BCUT2D eigenvalue weighted by atomic mass is 79.9. The lowest BCUT2D eigenvalue weighted by atomic mass is 10.1. The second-order valence-electron chi connectivity index (χ2n) is 4.24. The molecule has 2 aromatic rings. The number of hydrogen-bond acceptors (Lipinski definition) is 3. The van der Waals surface area contributed by atoms with E-state index in [0.717, 1.165) is 5.56 Å². The van der Waals surface area contributed by atoms with Crippen LogP contribution >= 0.6 is 15.9 Å². The molecule has 1 N–H and O–H groups in total. The van der Waals surface area contributed by atoms with Crippen molar-refractivity contribution in [2.75, 3.05) is 5.32 Å². The van der Waals surface area contributed by atoms with Crippen LogP contribution in [-0.4, -0.2) is 10.8 Å². The van der Waals surface area contributed by atoms with E-state index in [0.29, 0.717) is 10.2 Å². The SMILES string of the molecule is Cc1ccc(NC(=O)c2ccc(Br)c([N+](=O)[O-])c2)cc1. The van der Waals surface area contributed by atoms with Crippen molar-refractivity contribution in [3.63, 3.8) is 0 Å². The second kappa shape index (κ2) is 5.83. The molecular formula is C14H11BrN2O3. The molecule has 0 fully saturated rings. The summed E-state index contributed by atoms with van der Waals surface area (Å²) in [4.78, 5) is 22.3. The third-order valence-corrected chi connectivity index (χ3v) is 3.39. The molecule has 2 rings (SSSR count). The highest BCUT2D eigenvalue weighted by molar-refractivity contribution is 9.10. The zero-order chi connectivity index (χ0) is 14.7. The Morgan fingerprint density at radius 3 is 2.45 bits per heavy atom. The van der Waals surface area contributed by atoms with E-state index in [2.05, 4.69) is 21.2 Å². The van der Waals surface area contributed by atoms with Crippen molar-refractivity contribution in [1.82, 2.24) is 0 Å². The Hall–Kier alpha value is -2.21. The molecule has 0 unspecified atom stereocenters. The van der Waals surface area contributed by atoms with Gasteiger partial charge >= 0.3 is 0 Å². The molecule has 0 heterocycles. The van der Waals surface area contributed by atoms with Crippen LogP contribution in [0.4, 0.5) is 11.4 Å². The minimum Gasteiger partial charge on any atom is -0.322 e. The maximum Gasteiger partial charge on any atom is 0.284 e. The van der Waals surface area contributed by atoms with Crippen LogP contribution in [-0.2, 0) is 0 Å². The van der Waals surface area contributed by atoms with Crippen LogP contribution in [0, 0.1) is 17.0 Å². The zero-order valence-electron chi connectivity index (χ0n) is 10.6. The van der Waals surface area contributed by atoms with Crippen molar-refractivity contribution in [2.24, 2.45) is 0 Å².